The lowest BCUT2D eigenvalue weighted by Gasteiger charge is -2.19. The van der Waals surface area contributed by atoms with Gasteiger partial charge in [-0.2, -0.15) is 13.2 Å². The Morgan fingerprint density at radius 1 is 1.14 bits per heavy atom. The molecule has 154 valence electrons. The van der Waals surface area contributed by atoms with Crippen molar-refractivity contribution in [1.29, 1.82) is 0 Å². The van der Waals surface area contributed by atoms with E-state index in [0.29, 0.717) is 5.92 Å². The highest BCUT2D eigenvalue weighted by Gasteiger charge is 2.35. The smallest absolute Gasteiger partial charge is 0.326 e. The van der Waals surface area contributed by atoms with Gasteiger partial charge in [0.05, 0.1) is 11.5 Å². The quantitative estimate of drug-likeness (QED) is 0.768. The number of nitrogens with zero attached hydrogens (tertiary/aromatic N) is 1. The Kier molecular flexibility index (Phi) is 5.68. The molecular formula is C22H23F3N2O2. The summed E-state index contributed by atoms with van der Waals surface area (Å²) in [5.74, 6) is -0.708. The number of amides is 2. The maximum Gasteiger partial charge on any atom is 0.416 e. The van der Waals surface area contributed by atoms with E-state index in [4.69, 9.17) is 0 Å². The normalized spacial score (nSPS) is 17.1. The van der Waals surface area contributed by atoms with Crippen LogP contribution in [0.15, 0.2) is 42.5 Å². The number of benzene rings is 2. The Morgan fingerprint density at radius 2 is 1.79 bits per heavy atom. The molecule has 2 amide bonds. The predicted octanol–water partition coefficient (Wildman–Crippen LogP) is 5.13. The summed E-state index contributed by atoms with van der Waals surface area (Å²) in [6.07, 6.45) is -4.36. The van der Waals surface area contributed by atoms with Crippen LogP contribution >= 0.6 is 0 Å². The zero-order chi connectivity index (χ0) is 21.3. The monoisotopic (exact) mass is 404 g/mol. The van der Waals surface area contributed by atoms with Crippen LogP contribution in [0.1, 0.15) is 42.9 Å². The Morgan fingerprint density at radius 3 is 2.34 bits per heavy atom. The van der Waals surface area contributed by atoms with Crippen LogP contribution in [-0.2, 0) is 15.8 Å². The Labute approximate surface area is 167 Å². The zero-order valence-corrected chi connectivity index (χ0v) is 16.5. The molecule has 0 saturated carbocycles. The van der Waals surface area contributed by atoms with Crippen LogP contribution in [-0.4, -0.2) is 18.4 Å². The summed E-state index contributed by atoms with van der Waals surface area (Å²) >= 11 is 0. The fourth-order valence-corrected chi connectivity index (χ4v) is 3.60. The number of nitrogens with one attached hydrogen (secondary N) is 1. The summed E-state index contributed by atoms with van der Waals surface area (Å²) in [6.45, 7) is 6.44. The summed E-state index contributed by atoms with van der Waals surface area (Å²) in [5, 5.41) is 2.61. The fourth-order valence-electron chi connectivity index (χ4n) is 3.60. The van der Waals surface area contributed by atoms with Gasteiger partial charge in [0.25, 0.3) is 0 Å². The van der Waals surface area contributed by atoms with Gasteiger partial charge in [-0.3, -0.25) is 9.59 Å². The molecule has 1 aliphatic heterocycles. The van der Waals surface area contributed by atoms with Crippen molar-refractivity contribution in [2.24, 2.45) is 5.92 Å². The average molecular weight is 404 g/mol. The maximum atomic E-state index is 12.6. The topological polar surface area (TPSA) is 49.4 Å². The number of hydrogen-bond donors (Lipinski definition) is 1. The molecule has 0 spiro atoms. The van der Waals surface area contributed by atoms with E-state index in [9.17, 15) is 22.8 Å². The Hall–Kier alpha value is -2.83. The van der Waals surface area contributed by atoms with Gasteiger partial charge in [-0.05, 0) is 60.4 Å². The molecule has 1 fully saturated rings. The molecule has 1 aliphatic rings. The molecule has 29 heavy (non-hydrogen) atoms. The summed E-state index contributed by atoms with van der Waals surface area (Å²) in [7, 11) is 0. The van der Waals surface area contributed by atoms with E-state index in [-0.39, 0.29) is 30.5 Å². The second-order valence-corrected chi connectivity index (χ2v) is 7.67. The van der Waals surface area contributed by atoms with Crippen molar-refractivity contribution in [3.8, 4) is 0 Å². The van der Waals surface area contributed by atoms with Crippen LogP contribution in [0.3, 0.4) is 0 Å². The van der Waals surface area contributed by atoms with E-state index in [0.717, 1.165) is 23.4 Å². The van der Waals surface area contributed by atoms with Crippen molar-refractivity contribution < 1.29 is 22.8 Å². The average Bonchev–Trinajstić information content (AvgIpc) is 3.03. The molecule has 0 radical (unpaired) electrons. The first-order chi connectivity index (χ1) is 13.6. The second kappa shape index (κ2) is 7.89. The lowest BCUT2D eigenvalue weighted by Crippen LogP contribution is -2.28. The molecule has 4 nitrogen and oxygen atoms in total. The maximum absolute atomic E-state index is 12.6. The van der Waals surface area contributed by atoms with E-state index in [1.54, 1.807) is 4.90 Å². The van der Waals surface area contributed by atoms with Crippen molar-refractivity contribution in [1.82, 2.24) is 0 Å². The highest BCUT2D eigenvalue weighted by Crippen LogP contribution is 2.31. The summed E-state index contributed by atoms with van der Waals surface area (Å²) < 4.78 is 37.9. The fraction of sp³-hybridized carbons (Fsp3) is 0.364. The van der Waals surface area contributed by atoms with Crippen LogP contribution in [0.25, 0.3) is 0 Å². The molecule has 2 aromatic rings. The van der Waals surface area contributed by atoms with Crippen LogP contribution in [0, 0.1) is 12.8 Å². The number of alkyl halides is 3. The van der Waals surface area contributed by atoms with Crippen LogP contribution in [0.4, 0.5) is 24.5 Å². The predicted molar refractivity (Wildman–Crippen MR) is 106 cm³/mol. The third kappa shape index (κ3) is 4.60. The number of hydrogen-bond acceptors (Lipinski definition) is 2. The van der Waals surface area contributed by atoms with Crippen LogP contribution < -0.4 is 10.2 Å². The van der Waals surface area contributed by atoms with Crippen molar-refractivity contribution in [3.05, 3.63) is 59.2 Å². The standard InChI is InChI=1S/C22H23F3N2O2/c1-13(2)19-9-8-18(10-14(19)3)27-12-15(11-20(27)28)21(29)26-17-6-4-16(5-7-17)22(23,24)25/h4-10,13,15H,11-12H2,1-3H3,(H,26,29)/t15-/m1/s1. The SMILES string of the molecule is Cc1cc(N2C[C@H](C(=O)Nc3ccc(C(F)(F)F)cc3)CC2=O)ccc1C(C)C. The van der Waals surface area contributed by atoms with Crippen molar-refractivity contribution in [2.75, 3.05) is 16.8 Å². The van der Waals surface area contributed by atoms with Gasteiger partial charge in [-0.25, -0.2) is 0 Å². The zero-order valence-electron chi connectivity index (χ0n) is 16.5. The van der Waals surface area contributed by atoms with Crippen LogP contribution in [0.2, 0.25) is 0 Å². The van der Waals surface area contributed by atoms with Gasteiger partial charge in [0, 0.05) is 24.3 Å². The Bertz CT molecular complexity index is 921. The van der Waals surface area contributed by atoms with Gasteiger partial charge in [-0.1, -0.05) is 19.9 Å². The van der Waals surface area contributed by atoms with E-state index in [1.807, 2.05) is 25.1 Å². The highest BCUT2D eigenvalue weighted by molar-refractivity contribution is 6.03. The van der Waals surface area contributed by atoms with Gasteiger partial charge in [-0.15, -0.1) is 0 Å². The molecule has 0 bridgehead atoms. The van der Waals surface area contributed by atoms with Gasteiger partial charge >= 0.3 is 6.18 Å². The first kappa shape index (κ1) is 20.9. The molecule has 1 atom stereocenters. The third-order valence-corrected chi connectivity index (χ3v) is 5.16. The number of carbonyl (C=O) groups is 2. The third-order valence-electron chi connectivity index (χ3n) is 5.16. The summed E-state index contributed by atoms with van der Waals surface area (Å²) in [6, 6.07) is 10.1. The van der Waals surface area contributed by atoms with Gasteiger partial charge in [0.1, 0.15) is 0 Å². The number of aryl methyl sites for hydroxylation is 1. The summed E-state index contributed by atoms with van der Waals surface area (Å²) in [4.78, 5) is 26.6. The lowest BCUT2D eigenvalue weighted by molar-refractivity contribution is -0.137. The van der Waals surface area contributed by atoms with Gasteiger partial charge < -0.3 is 10.2 Å². The molecular weight excluding hydrogens is 381 g/mol. The number of carbonyl (C=O) groups excluding carboxylic acids is 2. The highest BCUT2D eigenvalue weighted by atomic mass is 19.4. The number of rotatable bonds is 4. The molecule has 3 rings (SSSR count). The molecule has 0 aliphatic carbocycles. The molecule has 1 N–H and O–H groups in total. The molecule has 2 aromatic carbocycles. The van der Waals surface area contributed by atoms with E-state index in [2.05, 4.69) is 19.2 Å². The molecule has 0 unspecified atom stereocenters. The van der Waals surface area contributed by atoms with Crippen LogP contribution in [0.5, 0.6) is 0 Å². The number of anilines is 2. The first-order valence-electron chi connectivity index (χ1n) is 9.45. The van der Waals surface area contributed by atoms with Crippen molar-refractivity contribution in [2.45, 2.75) is 39.3 Å². The van der Waals surface area contributed by atoms with E-state index < -0.39 is 17.7 Å². The van der Waals surface area contributed by atoms with Gasteiger partial charge in [0.2, 0.25) is 11.8 Å². The van der Waals surface area contributed by atoms with E-state index in [1.165, 1.54) is 17.7 Å². The minimum atomic E-state index is -4.43. The van der Waals surface area contributed by atoms with Crippen molar-refractivity contribution >= 4 is 23.2 Å². The Balaban J connectivity index is 1.68. The minimum absolute atomic E-state index is 0.0669. The summed E-state index contributed by atoms with van der Waals surface area (Å²) in [5.41, 5.74) is 2.53. The molecule has 7 heteroatoms. The second-order valence-electron chi connectivity index (χ2n) is 7.67. The van der Waals surface area contributed by atoms with Gasteiger partial charge in [0.15, 0.2) is 0 Å². The largest absolute Gasteiger partial charge is 0.416 e. The molecule has 1 heterocycles. The molecule has 1 saturated heterocycles. The number of halogens is 3. The molecule has 0 aromatic heterocycles. The van der Waals surface area contributed by atoms with Crippen molar-refractivity contribution in [3.63, 3.8) is 0 Å². The first-order valence-corrected chi connectivity index (χ1v) is 9.45. The minimum Gasteiger partial charge on any atom is -0.326 e. The lowest BCUT2D eigenvalue weighted by atomic mass is 9.97. The van der Waals surface area contributed by atoms with E-state index >= 15 is 0 Å².